The Balaban J connectivity index is 2.83. The molecule has 0 aromatic carbocycles. The van der Waals surface area contributed by atoms with Gasteiger partial charge in [0, 0.05) is 0 Å². The summed E-state index contributed by atoms with van der Waals surface area (Å²) in [6.07, 6.45) is -4.86. The first-order chi connectivity index (χ1) is 7.64. The van der Waals surface area contributed by atoms with Crippen LogP contribution in [-0.2, 0) is 4.79 Å². The molecule has 1 aromatic heterocycles. The van der Waals surface area contributed by atoms with E-state index in [0.717, 1.165) is 0 Å². The lowest BCUT2D eigenvalue weighted by Gasteiger charge is -2.25. The number of hydrogen-bond donors (Lipinski definition) is 2. The van der Waals surface area contributed by atoms with E-state index in [4.69, 9.17) is 17.3 Å². The van der Waals surface area contributed by atoms with E-state index in [9.17, 15) is 18.0 Å². The number of nitrogens with two attached hydrogens (primary N) is 1. The number of alkyl halides is 3. The van der Waals surface area contributed by atoms with Gasteiger partial charge >= 0.3 is 6.18 Å². The Labute approximate surface area is 99.2 Å². The minimum Gasteiger partial charge on any atom is -0.310 e. The Bertz CT molecular complexity index is 418. The van der Waals surface area contributed by atoms with Gasteiger partial charge in [0.05, 0.1) is 0 Å². The number of carbonyl (C=O) groups excluding carboxylic acids is 1. The lowest BCUT2D eigenvalue weighted by atomic mass is 10.0. The number of amides is 1. The fourth-order valence-electron chi connectivity index (χ4n) is 0.758. The molecule has 5 nitrogen and oxygen atoms in total. The minimum atomic E-state index is -4.86. The van der Waals surface area contributed by atoms with Crippen molar-refractivity contribution in [2.45, 2.75) is 18.6 Å². The highest BCUT2D eigenvalue weighted by atomic mass is 35.5. The van der Waals surface area contributed by atoms with Gasteiger partial charge < -0.3 is 11.1 Å². The van der Waals surface area contributed by atoms with E-state index in [-0.39, 0.29) is 11.0 Å². The summed E-state index contributed by atoms with van der Waals surface area (Å²) in [5.41, 5.74) is 1.90. The van der Waals surface area contributed by atoms with Crippen LogP contribution in [0, 0.1) is 0 Å². The maximum Gasteiger partial charge on any atom is 0.415 e. The molecule has 0 spiro atoms. The van der Waals surface area contributed by atoms with Gasteiger partial charge in [-0.1, -0.05) is 11.6 Å². The van der Waals surface area contributed by atoms with Crippen molar-refractivity contribution in [1.82, 2.24) is 10.2 Å². The van der Waals surface area contributed by atoms with Gasteiger partial charge in [-0.05, 0) is 19.1 Å². The predicted octanol–water partition coefficient (Wildman–Crippen LogP) is 1.35. The molecule has 0 saturated heterocycles. The van der Waals surface area contributed by atoms with E-state index < -0.39 is 17.6 Å². The molecule has 9 heteroatoms. The number of rotatable bonds is 2. The first-order valence-corrected chi connectivity index (χ1v) is 4.68. The second kappa shape index (κ2) is 4.46. The molecule has 0 saturated carbocycles. The summed E-state index contributed by atoms with van der Waals surface area (Å²) in [7, 11) is 0. The van der Waals surface area contributed by atoms with Crippen LogP contribution in [0.2, 0.25) is 5.15 Å². The van der Waals surface area contributed by atoms with Crippen molar-refractivity contribution in [3.05, 3.63) is 17.3 Å². The Morgan fingerprint density at radius 2 is 2.00 bits per heavy atom. The molecule has 1 heterocycles. The Morgan fingerprint density at radius 1 is 1.41 bits per heavy atom. The van der Waals surface area contributed by atoms with Crippen LogP contribution in [-0.4, -0.2) is 27.8 Å². The zero-order valence-corrected chi connectivity index (χ0v) is 9.30. The molecule has 1 aromatic rings. The highest BCUT2D eigenvalue weighted by Gasteiger charge is 2.54. The Hall–Kier alpha value is -1.41. The predicted molar refractivity (Wildman–Crippen MR) is 54.3 cm³/mol. The van der Waals surface area contributed by atoms with Crippen LogP contribution in [0.15, 0.2) is 12.1 Å². The molecule has 0 radical (unpaired) electrons. The lowest BCUT2D eigenvalue weighted by Crippen LogP contribution is -2.59. The number of halogens is 4. The third-order valence-electron chi connectivity index (χ3n) is 1.93. The molecule has 0 aliphatic carbocycles. The van der Waals surface area contributed by atoms with Gasteiger partial charge in [-0.2, -0.15) is 13.2 Å². The van der Waals surface area contributed by atoms with Crippen molar-refractivity contribution < 1.29 is 18.0 Å². The second-order valence-electron chi connectivity index (χ2n) is 3.40. The largest absolute Gasteiger partial charge is 0.415 e. The number of nitrogens with zero attached hydrogens (tertiary/aromatic N) is 2. The molecule has 94 valence electrons. The van der Waals surface area contributed by atoms with Crippen LogP contribution < -0.4 is 11.1 Å². The zero-order chi connectivity index (χ0) is 13.3. The van der Waals surface area contributed by atoms with Gasteiger partial charge in [0.15, 0.2) is 16.5 Å². The summed E-state index contributed by atoms with van der Waals surface area (Å²) in [5, 5.41) is 8.68. The number of anilines is 1. The van der Waals surface area contributed by atoms with E-state index in [2.05, 4.69) is 10.2 Å². The second-order valence-corrected chi connectivity index (χ2v) is 3.78. The van der Waals surface area contributed by atoms with Crippen LogP contribution in [0.1, 0.15) is 6.92 Å². The van der Waals surface area contributed by atoms with Gasteiger partial charge in [-0.15, -0.1) is 10.2 Å². The van der Waals surface area contributed by atoms with Crippen molar-refractivity contribution in [2.24, 2.45) is 5.73 Å². The first kappa shape index (κ1) is 13.7. The SMILES string of the molecule is CC(N)(C(=O)Nc1ccc(Cl)nn1)C(F)(F)F. The molecular formula is C8H8ClF3N4O. The highest BCUT2D eigenvalue weighted by Crippen LogP contribution is 2.28. The molecule has 3 N–H and O–H groups in total. The third-order valence-corrected chi connectivity index (χ3v) is 2.14. The maximum atomic E-state index is 12.4. The summed E-state index contributed by atoms with van der Waals surface area (Å²) in [5.74, 6) is -1.60. The molecule has 0 aliphatic rings. The summed E-state index contributed by atoms with van der Waals surface area (Å²) >= 11 is 5.42. The summed E-state index contributed by atoms with van der Waals surface area (Å²) < 4.78 is 37.2. The van der Waals surface area contributed by atoms with Gasteiger partial charge in [0.2, 0.25) is 0 Å². The van der Waals surface area contributed by atoms with E-state index in [0.29, 0.717) is 6.92 Å². The van der Waals surface area contributed by atoms with Crippen molar-refractivity contribution in [3.8, 4) is 0 Å². The molecule has 1 atom stereocenters. The van der Waals surface area contributed by atoms with E-state index >= 15 is 0 Å². The summed E-state index contributed by atoms with van der Waals surface area (Å²) in [4.78, 5) is 11.3. The number of carbonyl (C=O) groups is 1. The molecule has 0 aliphatic heterocycles. The first-order valence-electron chi connectivity index (χ1n) is 4.31. The molecule has 17 heavy (non-hydrogen) atoms. The molecule has 0 fully saturated rings. The summed E-state index contributed by atoms with van der Waals surface area (Å²) in [6.45, 7) is 0.561. The average Bonchev–Trinajstić information content (AvgIpc) is 2.19. The molecule has 1 unspecified atom stereocenters. The number of nitrogens with one attached hydrogen (secondary N) is 1. The zero-order valence-electron chi connectivity index (χ0n) is 8.55. The van der Waals surface area contributed by atoms with Crippen LogP contribution in [0.4, 0.5) is 19.0 Å². The van der Waals surface area contributed by atoms with E-state index in [1.54, 1.807) is 0 Å². The van der Waals surface area contributed by atoms with Crippen molar-refractivity contribution in [1.29, 1.82) is 0 Å². The smallest absolute Gasteiger partial charge is 0.310 e. The lowest BCUT2D eigenvalue weighted by molar-refractivity contribution is -0.184. The Kier molecular flexibility index (Phi) is 3.58. The molecule has 1 rings (SSSR count). The van der Waals surface area contributed by atoms with Crippen LogP contribution in [0.25, 0.3) is 0 Å². The van der Waals surface area contributed by atoms with Crippen molar-refractivity contribution in [2.75, 3.05) is 5.32 Å². The minimum absolute atomic E-state index is 0.0503. The summed E-state index contributed by atoms with van der Waals surface area (Å²) in [6, 6.07) is 2.48. The topological polar surface area (TPSA) is 80.9 Å². The van der Waals surface area contributed by atoms with Crippen LogP contribution in [0.5, 0.6) is 0 Å². The maximum absolute atomic E-state index is 12.4. The van der Waals surface area contributed by atoms with Gasteiger partial charge in [0.1, 0.15) is 0 Å². The fraction of sp³-hybridized carbons (Fsp3) is 0.375. The standard InChI is InChI=1S/C8H8ClF3N4O/c1-7(13,8(10,11)12)6(17)14-5-3-2-4(9)15-16-5/h2-3H,13H2,1H3,(H,14,16,17). The highest BCUT2D eigenvalue weighted by molar-refractivity contribution is 6.29. The molecule has 0 bridgehead atoms. The van der Waals surface area contributed by atoms with Gasteiger partial charge in [-0.25, -0.2) is 0 Å². The van der Waals surface area contributed by atoms with Crippen molar-refractivity contribution >= 4 is 23.3 Å². The van der Waals surface area contributed by atoms with E-state index in [1.165, 1.54) is 12.1 Å². The third kappa shape index (κ3) is 3.04. The van der Waals surface area contributed by atoms with Crippen LogP contribution >= 0.6 is 11.6 Å². The normalized spacial score (nSPS) is 15.2. The average molecular weight is 269 g/mol. The number of hydrogen-bond acceptors (Lipinski definition) is 4. The van der Waals surface area contributed by atoms with Gasteiger partial charge in [-0.3, -0.25) is 4.79 Å². The van der Waals surface area contributed by atoms with Gasteiger partial charge in [0.25, 0.3) is 5.91 Å². The molecular weight excluding hydrogens is 261 g/mol. The Morgan fingerprint density at radius 3 is 2.41 bits per heavy atom. The number of aromatic nitrogens is 2. The quantitative estimate of drug-likeness (QED) is 0.848. The monoisotopic (exact) mass is 268 g/mol. The van der Waals surface area contributed by atoms with E-state index in [1.807, 2.05) is 5.32 Å². The van der Waals surface area contributed by atoms with Crippen LogP contribution in [0.3, 0.4) is 0 Å². The molecule has 1 amide bonds. The fourth-order valence-corrected chi connectivity index (χ4v) is 0.858. The van der Waals surface area contributed by atoms with Crippen molar-refractivity contribution in [3.63, 3.8) is 0 Å².